The smallest absolute Gasteiger partial charge is 0.223 e. The van der Waals surface area contributed by atoms with Crippen molar-refractivity contribution in [2.24, 2.45) is 11.8 Å². The lowest BCUT2D eigenvalue weighted by Gasteiger charge is -2.27. The average molecular weight is 235 g/mol. The summed E-state index contributed by atoms with van der Waals surface area (Å²) in [4.78, 5) is 11.4. The van der Waals surface area contributed by atoms with Gasteiger partial charge in [0.15, 0.2) is 0 Å². The van der Waals surface area contributed by atoms with Gasteiger partial charge in [0.25, 0.3) is 0 Å². The molecule has 2 unspecified atom stereocenters. The van der Waals surface area contributed by atoms with Gasteiger partial charge < -0.3 is 10.6 Å². The van der Waals surface area contributed by atoms with Crippen LogP contribution in [0, 0.1) is 23.2 Å². The standard InChI is InChI=1S/C13H21N3O/c14-9-11-3-1-2-4-12(11)15-7-8-16-13(17)10-5-6-10/h10-12,15H,1-8H2,(H,16,17). The molecule has 4 nitrogen and oxygen atoms in total. The van der Waals surface area contributed by atoms with Crippen LogP contribution in [0.1, 0.15) is 38.5 Å². The molecule has 2 rings (SSSR count). The van der Waals surface area contributed by atoms with Crippen molar-refractivity contribution in [3.8, 4) is 6.07 Å². The highest BCUT2D eigenvalue weighted by molar-refractivity contribution is 5.80. The van der Waals surface area contributed by atoms with Gasteiger partial charge in [0.05, 0.1) is 12.0 Å². The van der Waals surface area contributed by atoms with Crippen LogP contribution < -0.4 is 10.6 Å². The maximum Gasteiger partial charge on any atom is 0.223 e. The Labute approximate surface area is 103 Å². The van der Waals surface area contributed by atoms with E-state index in [1.54, 1.807) is 0 Å². The minimum Gasteiger partial charge on any atom is -0.355 e. The van der Waals surface area contributed by atoms with Crippen LogP contribution in [0.5, 0.6) is 0 Å². The van der Waals surface area contributed by atoms with Gasteiger partial charge in [-0.05, 0) is 25.7 Å². The summed E-state index contributed by atoms with van der Waals surface area (Å²) >= 11 is 0. The van der Waals surface area contributed by atoms with Gasteiger partial charge in [-0.15, -0.1) is 0 Å². The zero-order chi connectivity index (χ0) is 12.1. The SMILES string of the molecule is N#CC1CCCCC1NCCNC(=O)C1CC1. The summed E-state index contributed by atoms with van der Waals surface area (Å²) in [6.45, 7) is 1.46. The van der Waals surface area contributed by atoms with Crippen molar-refractivity contribution in [3.63, 3.8) is 0 Å². The van der Waals surface area contributed by atoms with Crippen molar-refractivity contribution in [2.75, 3.05) is 13.1 Å². The highest BCUT2D eigenvalue weighted by Crippen LogP contribution is 2.28. The Morgan fingerprint density at radius 1 is 1.18 bits per heavy atom. The molecule has 0 aromatic rings. The molecule has 0 radical (unpaired) electrons. The molecule has 94 valence electrons. The van der Waals surface area contributed by atoms with Crippen LogP contribution in [-0.2, 0) is 4.79 Å². The maximum absolute atomic E-state index is 11.4. The summed E-state index contributed by atoms with van der Waals surface area (Å²) in [5.41, 5.74) is 0. The summed E-state index contributed by atoms with van der Waals surface area (Å²) in [6, 6.07) is 2.71. The Morgan fingerprint density at radius 3 is 2.65 bits per heavy atom. The monoisotopic (exact) mass is 235 g/mol. The van der Waals surface area contributed by atoms with E-state index >= 15 is 0 Å². The maximum atomic E-state index is 11.4. The zero-order valence-electron chi connectivity index (χ0n) is 10.2. The molecule has 2 atom stereocenters. The van der Waals surface area contributed by atoms with Crippen molar-refractivity contribution in [3.05, 3.63) is 0 Å². The third-order valence-corrected chi connectivity index (χ3v) is 3.71. The molecule has 0 spiro atoms. The molecule has 2 fully saturated rings. The fourth-order valence-electron chi connectivity index (χ4n) is 2.46. The quantitative estimate of drug-likeness (QED) is 0.703. The van der Waals surface area contributed by atoms with Gasteiger partial charge in [0.1, 0.15) is 0 Å². The first-order valence-corrected chi connectivity index (χ1v) is 6.72. The predicted octanol–water partition coefficient (Wildman–Crippen LogP) is 1.18. The van der Waals surface area contributed by atoms with Gasteiger partial charge in [-0.25, -0.2) is 0 Å². The summed E-state index contributed by atoms with van der Waals surface area (Å²) < 4.78 is 0. The van der Waals surface area contributed by atoms with Crippen LogP contribution in [-0.4, -0.2) is 25.0 Å². The van der Waals surface area contributed by atoms with Gasteiger partial charge in [0.2, 0.25) is 5.91 Å². The van der Waals surface area contributed by atoms with Crippen LogP contribution in [0.3, 0.4) is 0 Å². The first kappa shape index (κ1) is 12.4. The number of rotatable bonds is 5. The summed E-state index contributed by atoms with van der Waals surface area (Å²) in [5, 5.41) is 15.4. The summed E-state index contributed by atoms with van der Waals surface area (Å²) in [7, 11) is 0. The second-order valence-corrected chi connectivity index (χ2v) is 5.15. The molecule has 0 aromatic carbocycles. The molecule has 1 amide bonds. The van der Waals surface area contributed by atoms with E-state index in [1.807, 2.05) is 0 Å². The minimum absolute atomic E-state index is 0.155. The number of carbonyl (C=O) groups excluding carboxylic acids is 1. The van der Waals surface area contributed by atoms with Crippen LogP contribution in [0.2, 0.25) is 0 Å². The van der Waals surface area contributed by atoms with E-state index in [4.69, 9.17) is 5.26 Å². The zero-order valence-corrected chi connectivity index (χ0v) is 10.2. The van der Waals surface area contributed by atoms with E-state index in [2.05, 4.69) is 16.7 Å². The van der Waals surface area contributed by atoms with Crippen LogP contribution >= 0.6 is 0 Å². The fraction of sp³-hybridized carbons (Fsp3) is 0.846. The Balaban J connectivity index is 1.60. The second-order valence-electron chi connectivity index (χ2n) is 5.15. The average Bonchev–Trinajstić information content (AvgIpc) is 3.19. The molecule has 17 heavy (non-hydrogen) atoms. The van der Waals surface area contributed by atoms with Crippen LogP contribution in [0.25, 0.3) is 0 Å². The lowest BCUT2D eigenvalue weighted by atomic mass is 9.85. The number of amides is 1. The topological polar surface area (TPSA) is 64.9 Å². The normalized spacial score (nSPS) is 28.4. The van der Waals surface area contributed by atoms with Crippen molar-refractivity contribution >= 4 is 5.91 Å². The molecule has 0 aromatic heterocycles. The van der Waals surface area contributed by atoms with E-state index < -0.39 is 0 Å². The molecule has 0 heterocycles. The molecule has 0 saturated heterocycles. The summed E-state index contributed by atoms with van der Waals surface area (Å²) in [6.07, 6.45) is 6.60. The predicted molar refractivity (Wildman–Crippen MR) is 65.1 cm³/mol. The first-order chi connectivity index (χ1) is 8.31. The van der Waals surface area contributed by atoms with Gasteiger partial charge in [-0.1, -0.05) is 12.8 Å². The highest BCUT2D eigenvalue weighted by atomic mass is 16.2. The Hall–Kier alpha value is -1.08. The number of carbonyl (C=O) groups is 1. The second kappa shape index (κ2) is 6.02. The Bertz CT molecular complexity index is 306. The van der Waals surface area contributed by atoms with E-state index in [0.29, 0.717) is 12.6 Å². The van der Waals surface area contributed by atoms with Crippen LogP contribution in [0.4, 0.5) is 0 Å². The van der Waals surface area contributed by atoms with Gasteiger partial charge in [-0.3, -0.25) is 4.79 Å². The fourth-order valence-corrected chi connectivity index (χ4v) is 2.46. The number of nitriles is 1. The number of nitrogens with one attached hydrogen (secondary N) is 2. The molecule has 0 aliphatic heterocycles. The number of hydrogen-bond acceptors (Lipinski definition) is 3. The van der Waals surface area contributed by atoms with Gasteiger partial charge in [0, 0.05) is 25.0 Å². The lowest BCUT2D eigenvalue weighted by molar-refractivity contribution is -0.122. The van der Waals surface area contributed by atoms with Crippen molar-refractivity contribution < 1.29 is 4.79 Å². The highest BCUT2D eigenvalue weighted by Gasteiger charge is 2.29. The third-order valence-electron chi connectivity index (χ3n) is 3.71. The first-order valence-electron chi connectivity index (χ1n) is 6.72. The molecular weight excluding hydrogens is 214 g/mol. The van der Waals surface area contributed by atoms with Crippen molar-refractivity contribution in [1.29, 1.82) is 5.26 Å². The van der Waals surface area contributed by atoms with Crippen molar-refractivity contribution in [1.82, 2.24) is 10.6 Å². The number of nitrogens with zero attached hydrogens (tertiary/aromatic N) is 1. The molecule has 0 bridgehead atoms. The minimum atomic E-state index is 0.155. The summed E-state index contributed by atoms with van der Waals surface area (Å²) in [5.74, 6) is 0.645. The number of hydrogen-bond donors (Lipinski definition) is 2. The molecule has 2 saturated carbocycles. The van der Waals surface area contributed by atoms with Gasteiger partial charge >= 0.3 is 0 Å². The van der Waals surface area contributed by atoms with E-state index in [9.17, 15) is 4.79 Å². The molecule has 2 aliphatic rings. The molecular formula is C13H21N3O. The van der Waals surface area contributed by atoms with E-state index in [-0.39, 0.29) is 17.7 Å². The molecule has 2 N–H and O–H groups in total. The van der Waals surface area contributed by atoms with Crippen molar-refractivity contribution in [2.45, 2.75) is 44.6 Å². The van der Waals surface area contributed by atoms with Crippen LogP contribution in [0.15, 0.2) is 0 Å². The third kappa shape index (κ3) is 3.71. The lowest BCUT2D eigenvalue weighted by Crippen LogP contribution is -2.42. The Morgan fingerprint density at radius 2 is 1.94 bits per heavy atom. The largest absolute Gasteiger partial charge is 0.355 e. The van der Waals surface area contributed by atoms with E-state index in [0.717, 1.165) is 32.2 Å². The van der Waals surface area contributed by atoms with Gasteiger partial charge in [-0.2, -0.15) is 5.26 Å². The molecule has 4 heteroatoms. The van der Waals surface area contributed by atoms with E-state index in [1.165, 1.54) is 12.8 Å². The molecule has 2 aliphatic carbocycles. The Kier molecular flexibility index (Phi) is 4.38.